The van der Waals surface area contributed by atoms with Gasteiger partial charge in [-0.3, -0.25) is 0 Å². The Morgan fingerprint density at radius 3 is 2.48 bits per heavy atom. The number of halogens is 1. The van der Waals surface area contributed by atoms with E-state index in [0.717, 1.165) is 28.7 Å². The topological polar surface area (TPSA) is 79.2 Å². The minimum atomic E-state index is -0.777. The number of para-hydroxylation sites is 2. The first-order valence-electron chi connectivity index (χ1n) is 10.9. The summed E-state index contributed by atoms with van der Waals surface area (Å²) in [5.41, 5.74) is 4.83. The molecule has 7 heteroatoms. The number of fused-ring (bicyclic) bond motifs is 1. The fourth-order valence-electron chi connectivity index (χ4n) is 3.77. The Hall–Kier alpha value is -3.71. The second-order valence-electron chi connectivity index (χ2n) is 8.21. The number of hydrogen-bond donors (Lipinski definition) is 3. The second-order valence-corrected chi connectivity index (χ2v) is 8.21. The van der Waals surface area contributed by atoms with E-state index in [-0.39, 0.29) is 17.9 Å². The lowest BCUT2D eigenvalue weighted by Gasteiger charge is -2.18. The summed E-state index contributed by atoms with van der Waals surface area (Å²) < 4.78 is 15.1. The summed E-state index contributed by atoms with van der Waals surface area (Å²) >= 11 is 0. The predicted octanol–water partition coefficient (Wildman–Crippen LogP) is 4.54. The Balaban J connectivity index is 1.24. The molecule has 1 heterocycles. The first kappa shape index (κ1) is 22.5. The number of urea groups is 1. The number of aliphatic hydroxyl groups excluding tert-OH is 1. The smallest absolute Gasteiger partial charge is 0.315 e. The summed E-state index contributed by atoms with van der Waals surface area (Å²) in [4.78, 5) is 16.6. The zero-order valence-electron chi connectivity index (χ0n) is 18.4. The summed E-state index contributed by atoms with van der Waals surface area (Å²) in [6.07, 6.45) is 1.40. The van der Waals surface area contributed by atoms with Crippen LogP contribution in [-0.4, -0.2) is 26.7 Å². The van der Waals surface area contributed by atoms with E-state index in [1.165, 1.54) is 12.1 Å². The van der Waals surface area contributed by atoms with Crippen LogP contribution >= 0.6 is 0 Å². The van der Waals surface area contributed by atoms with Crippen LogP contribution in [0.15, 0.2) is 79.1 Å². The van der Waals surface area contributed by atoms with Gasteiger partial charge in [0, 0.05) is 19.1 Å². The number of imidazole rings is 1. The molecule has 2 atom stereocenters. The maximum absolute atomic E-state index is 13.0. The van der Waals surface area contributed by atoms with Crippen molar-refractivity contribution in [1.29, 1.82) is 0 Å². The van der Waals surface area contributed by atoms with Gasteiger partial charge in [0.1, 0.15) is 5.82 Å². The number of amides is 2. The number of nitrogens with one attached hydrogen (secondary N) is 2. The van der Waals surface area contributed by atoms with Crippen molar-refractivity contribution in [2.45, 2.75) is 38.6 Å². The molecule has 170 valence electrons. The fraction of sp³-hybridized carbons (Fsp3) is 0.231. The van der Waals surface area contributed by atoms with Crippen molar-refractivity contribution < 1.29 is 14.3 Å². The molecule has 0 aliphatic rings. The van der Waals surface area contributed by atoms with Gasteiger partial charge in [-0.15, -0.1) is 0 Å². The van der Waals surface area contributed by atoms with Crippen LogP contribution in [0.5, 0.6) is 0 Å². The largest absolute Gasteiger partial charge is 0.388 e. The molecular formula is C26H27FN4O2. The SMILES string of the molecule is CC(CC(O)c1ccc(F)cc1)NC(=O)NCc1ccc(Cn2cnc3ccccc32)cc1. The molecule has 0 aliphatic heterocycles. The number of benzene rings is 3. The minimum absolute atomic E-state index is 0.252. The van der Waals surface area contributed by atoms with Crippen molar-refractivity contribution in [3.8, 4) is 0 Å². The molecule has 0 aliphatic carbocycles. The third kappa shape index (κ3) is 5.96. The van der Waals surface area contributed by atoms with E-state index in [4.69, 9.17) is 0 Å². The van der Waals surface area contributed by atoms with E-state index >= 15 is 0 Å². The van der Waals surface area contributed by atoms with Gasteiger partial charge in [-0.05, 0) is 54.3 Å². The summed E-state index contributed by atoms with van der Waals surface area (Å²) in [6, 6.07) is 21.3. The molecule has 0 spiro atoms. The van der Waals surface area contributed by atoms with E-state index in [1.54, 1.807) is 12.1 Å². The van der Waals surface area contributed by atoms with Gasteiger partial charge in [0.2, 0.25) is 0 Å². The molecule has 0 radical (unpaired) electrons. The molecule has 1 aromatic heterocycles. The van der Waals surface area contributed by atoms with E-state index in [9.17, 15) is 14.3 Å². The minimum Gasteiger partial charge on any atom is -0.388 e. The third-order valence-corrected chi connectivity index (χ3v) is 5.57. The monoisotopic (exact) mass is 446 g/mol. The fourth-order valence-corrected chi connectivity index (χ4v) is 3.77. The van der Waals surface area contributed by atoms with Crippen LogP contribution in [0.1, 0.15) is 36.1 Å². The van der Waals surface area contributed by atoms with Crippen LogP contribution in [0, 0.1) is 5.82 Å². The highest BCUT2D eigenvalue weighted by Crippen LogP contribution is 2.18. The van der Waals surface area contributed by atoms with E-state index < -0.39 is 6.10 Å². The Labute approximate surface area is 192 Å². The van der Waals surface area contributed by atoms with Gasteiger partial charge in [-0.1, -0.05) is 48.5 Å². The number of aliphatic hydroxyl groups is 1. The van der Waals surface area contributed by atoms with Crippen molar-refractivity contribution in [2.75, 3.05) is 0 Å². The van der Waals surface area contributed by atoms with Crippen LogP contribution in [0.25, 0.3) is 11.0 Å². The van der Waals surface area contributed by atoms with Gasteiger partial charge < -0.3 is 20.3 Å². The molecule has 0 bridgehead atoms. The first-order valence-corrected chi connectivity index (χ1v) is 10.9. The summed E-state index contributed by atoms with van der Waals surface area (Å²) in [7, 11) is 0. The lowest BCUT2D eigenvalue weighted by molar-refractivity contribution is 0.154. The molecular weight excluding hydrogens is 419 g/mol. The van der Waals surface area contributed by atoms with E-state index in [0.29, 0.717) is 18.5 Å². The average Bonchev–Trinajstić information content (AvgIpc) is 3.22. The number of hydrogen-bond acceptors (Lipinski definition) is 3. The maximum atomic E-state index is 13.0. The molecule has 6 nitrogen and oxygen atoms in total. The normalized spacial score (nSPS) is 12.9. The molecule has 3 aromatic carbocycles. The molecule has 33 heavy (non-hydrogen) atoms. The summed E-state index contributed by atoms with van der Waals surface area (Å²) in [6.45, 7) is 2.94. The molecule has 2 unspecified atom stereocenters. The van der Waals surface area contributed by atoms with E-state index in [2.05, 4.69) is 26.3 Å². The standard InChI is InChI=1S/C26H27FN4O2/c1-18(14-25(32)21-10-12-22(27)13-11-21)30-26(33)28-15-19-6-8-20(9-7-19)16-31-17-29-23-4-2-3-5-24(23)31/h2-13,17-18,25,32H,14-16H2,1H3,(H2,28,30,33). The number of rotatable bonds is 8. The highest BCUT2D eigenvalue weighted by molar-refractivity contribution is 5.75. The van der Waals surface area contributed by atoms with Gasteiger partial charge in [-0.2, -0.15) is 0 Å². The Morgan fingerprint density at radius 1 is 1.03 bits per heavy atom. The van der Waals surface area contributed by atoms with Crippen molar-refractivity contribution in [3.63, 3.8) is 0 Å². The number of nitrogens with zero attached hydrogens (tertiary/aromatic N) is 2. The molecule has 2 amide bonds. The summed E-state index contributed by atoms with van der Waals surface area (Å²) in [5.74, 6) is -0.347. The van der Waals surface area contributed by atoms with E-state index in [1.807, 2.05) is 55.7 Å². The van der Waals surface area contributed by atoms with Crippen LogP contribution in [0.2, 0.25) is 0 Å². The molecule has 0 fully saturated rings. The molecule has 0 saturated carbocycles. The molecule has 0 saturated heterocycles. The maximum Gasteiger partial charge on any atom is 0.315 e. The molecule has 4 aromatic rings. The Bertz CT molecular complexity index is 1210. The van der Waals surface area contributed by atoms with Crippen LogP contribution in [0.3, 0.4) is 0 Å². The lowest BCUT2D eigenvalue weighted by atomic mass is 10.0. The average molecular weight is 447 g/mol. The molecule has 4 rings (SSSR count). The van der Waals surface area contributed by atoms with Crippen LogP contribution in [0.4, 0.5) is 9.18 Å². The van der Waals surface area contributed by atoms with Crippen LogP contribution < -0.4 is 10.6 Å². The van der Waals surface area contributed by atoms with Crippen molar-refractivity contribution in [3.05, 3.63) is 102 Å². The van der Waals surface area contributed by atoms with Gasteiger partial charge in [0.25, 0.3) is 0 Å². The zero-order chi connectivity index (χ0) is 23.2. The van der Waals surface area contributed by atoms with Gasteiger partial charge in [0.15, 0.2) is 0 Å². The second kappa shape index (κ2) is 10.3. The Kier molecular flexibility index (Phi) is 7.00. The highest BCUT2D eigenvalue weighted by atomic mass is 19.1. The number of carbonyl (C=O) groups excluding carboxylic acids is 1. The Morgan fingerprint density at radius 2 is 1.73 bits per heavy atom. The van der Waals surface area contributed by atoms with Crippen LogP contribution in [-0.2, 0) is 13.1 Å². The van der Waals surface area contributed by atoms with Gasteiger partial charge in [-0.25, -0.2) is 14.2 Å². The van der Waals surface area contributed by atoms with Gasteiger partial charge in [0.05, 0.1) is 23.5 Å². The van der Waals surface area contributed by atoms with Crippen molar-refractivity contribution >= 4 is 17.1 Å². The zero-order valence-corrected chi connectivity index (χ0v) is 18.4. The quantitative estimate of drug-likeness (QED) is 0.372. The van der Waals surface area contributed by atoms with Crippen molar-refractivity contribution in [2.24, 2.45) is 0 Å². The predicted molar refractivity (Wildman–Crippen MR) is 126 cm³/mol. The molecule has 3 N–H and O–H groups in total. The number of carbonyl (C=O) groups is 1. The lowest BCUT2D eigenvalue weighted by Crippen LogP contribution is -2.41. The highest BCUT2D eigenvalue weighted by Gasteiger charge is 2.14. The first-order chi connectivity index (χ1) is 16.0. The van der Waals surface area contributed by atoms with Crippen molar-refractivity contribution in [1.82, 2.24) is 20.2 Å². The summed E-state index contributed by atoms with van der Waals surface area (Å²) in [5, 5.41) is 15.9. The third-order valence-electron chi connectivity index (χ3n) is 5.57. The number of aromatic nitrogens is 2. The van der Waals surface area contributed by atoms with Gasteiger partial charge >= 0.3 is 6.03 Å².